The molecule has 0 radical (unpaired) electrons. The van der Waals surface area contributed by atoms with Crippen molar-refractivity contribution in [2.24, 2.45) is 5.92 Å². The van der Waals surface area contributed by atoms with Gasteiger partial charge in [0.1, 0.15) is 0 Å². The van der Waals surface area contributed by atoms with Gasteiger partial charge >= 0.3 is 6.18 Å². The standard InChI is InChI=1S/C14H28F3N/c1-4-8-12(9-5-2)13(18-6-3)10-7-11-14(15,16)17/h12-13,18H,4-11H2,1-3H3. The molecule has 0 saturated heterocycles. The number of hydrogen-bond donors (Lipinski definition) is 1. The first-order chi connectivity index (χ1) is 8.44. The van der Waals surface area contributed by atoms with Crippen LogP contribution in [0.3, 0.4) is 0 Å². The number of rotatable bonds is 10. The van der Waals surface area contributed by atoms with Gasteiger partial charge in [-0.1, -0.05) is 33.6 Å². The Morgan fingerprint density at radius 3 is 1.89 bits per heavy atom. The summed E-state index contributed by atoms with van der Waals surface area (Å²) in [5, 5.41) is 3.37. The molecule has 0 fully saturated rings. The molecule has 0 heterocycles. The normalized spacial score (nSPS) is 14.2. The zero-order chi connectivity index (χ0) is 14.0. The van der Waals surface area contributed by atoms with Gasteiger partial charge in [-0.05, 0) is 38.1 Å². The number of halogens is 3. The lowest BCUT2D eigenvalue weighted by Crippen LogP contribution is -2.36. The monoisotopic (exact) mass is 267 g/mol. The van der Waals surface area contributed by atoms with E-state index >= 15 is 0 Å². The average molecular weight is 267 g/mol. The molecule has 0 aliphatic carbocycles. The second-order valence-electron chi connectivity index (χ2n) is 5.01. The van der Waals surface area contributed by atoms with Crippen LogP contribution >= 0.6 is 0 Å². The minimum atomic E-state index is -4.01. The number of alkyl halides is 3. The third kappa shape index (κ3) is 8.78. The van der Waals surface area contributed by atoms with Crippen molar-refractivity contribution in [1.82, 2.24) is 5.32 Å². The van der Waals surface area contributed by atoms with Crippen molar-refractivity contribution in [3.8, 4) is 0 Å². The summed E-state index contributed by atoms with van der Waals surface area (Å²) in [6, 6.07) is 0.247. The van der Waals surface area contributed by atoms with E-state index in [4.69, 9.17) is 0 Å². The second kappa shape index (κ2) is 9.65. The molecule has 0 spiro atoms. The van der Waals surface area contributed by atoms with Crippen LogP contribution in [0, 0.1) is 5.92 Å². The van der Waals surface area contributed by atoms with Crippen molar-refractivity contribution in [2.75, 3.05) is 6.54 Å². The van der Waals surface area contributed by atoms with Crippen molar-refractivity contribution >= 4 is 0 Å². The fourth-order valence-corrected chi connectivity index (χ4v) is 2.58. The Kier molecular flexibility index (Phi) is 9.52. The number of hydrogen-bond acceptors (Lipinski definition) is 1. The summed E-state index contributed by atoms with van der Waals surface area (Å²) in [5.41, 5.74) is 0. The van der Waals surface area contributed by atoms with Gasteiger partial charge < -0.3 is 5.32 Å². The SMILES string of the molecule is CCCC(CCC)C(CCCC(F)(F)F)NCC. The van der Waals surface area contributed by atoms with E-state index in [1.165, 1.54) is 0 Å². The van der Waals surface area contributed by atoms with Crippen molar-refractivity contribution in [3.63, 3.8) is 0 Å². The Hall–Kier alpha value is -0.250. The Morgan fingerprint density at radius 2 is 1.50 bits per heavy atom. The maximum absolute atomic E-state index is 12.2. The molecule has 0 aliphatic heterocycles. The van der Waals surface area contributed by atoms with Crippen LogP contribution in [0.1, 0.15) is 65.7 Å². The molecule has 4 heteroatoms. The molecule has 0 saturated carbocycles. The van der Waals surface area contributed by atoms with Gasteiger partial charge in [0.05, 0.1) is 0 Å². The fraction of sp³-hybridized carbons (Fsp3) is 1.00. The summed E-state index contributed by atoms with van der Waals surface area (Å²) >= 11 is 0. The number of nitrogens with one attached hydrogen (secondary N) is 1. The summed E-state index contributed by atoms with van der Waals surface area (Å²) in [6.45, 7) is 7.13. The van der Waals surface area contributed by atoms with Crippen LogP contribution in [0.5, 0.6) is 0 Å². The van der Waals surface area contributed by atoms with Crippen LogP contribution in [0.2, 0.25) is 0 Å². The molecular weight excluding hydrogens is 239 g/mol. The molecule has 110 valence electrons. The van der Waals surface area contributed by atoms with Crippen molar-refractivity contribution in [1.29, 1.82) is 0 Å². The lowest BCUT2D eigenvalue weighted by Gasteiger charge is -2.28. The fourth-order valence-electron chi connectivity index (χ4n) is 2.58. The Labute approximate surface area is 110 Å². The molecule has 1 atom stereocenters. The molecule has 0 aromatic carbocycles. The van der Waals surface area contributed by atoms with E-state index in [-0.39, 0.29) is 12.5 Å². The Morgan fingerprint density at radius 1 is 0.944 bits per heavy atom. The van der Waals surface area contributed by atoms with E-state index in [9.17, 15) is 13.2 Å². The van der Waals surface area contributed by atoms with Gasteiger partial charge in [-0.3, -0.25) is 0 Å². The summed E-state index contributed by atoms with van der Waals surface area (Å²) in [7, 11) is 0. The van der Waals surface area contributed by atoms with Gasteiger partial charge in [0, 0.05) is 12.5 Å². The van der Waals surface area contributed by atoms with E-state index < -0.39 is 12.6 Å². The predicted octanol–water partition coefficient (Wildman–Crippen LogP) is 4.91. The Bertz CT molecular complexity index is 186. The van der Waals surface area contributed by atoms with E-state index in [2.05, 4.69) is 19.2 Å². The first-order valence-electron chi connectivity index (χ1n) is 7.24. The highest BCUT2D eigenvalue weighted by atomic mass is 19.4. The lowest BCUT2D eigenvalue weighted by atomic mass is 9.87. The third-order valence-corrected chi connectivity index (χ3v) is 3.33. The van der Waals surface area contributed by atoms with Crippen LogP contribution in [0.15, 0.2) is 0 Å². The highest BCUT2D eigenvalue weighted by molar-refractivity contribution is 4.76. The van der Waals surface area contributed by atoms with Crippen LogP contribution in [0.25, 0.3) is 0 Å². The highest BCUT2D eigenvalue weighted by Crippen LogP contribution is 2.26. The largest absolute Gasteiger partial charge is 0.389 e. The molecule has 18 heavy (non-hydrogen) atoms. The smallest absolute Gasteiger partial charge is 0.314 e. The van der Waals surface area contributed by atoms with E-state index in [0.717, 1.165) is 32.2 Å². The quantitative estimate of drug-likeness (QED) is 0.593. The highest BCUT2D eigenvalue weighted by Gasteiger charge is 2.27. The van der Waals surface area contributed by atoms with Gasteiger partial charge in [-0.25, -0.2) is 0 Å². The maximum Gasteiger partial charge on any atom is 0.389 e. The van der Waals surface area contributed by atoms with E-state index in [0.29, 0.717) is 12.3 Å². The molecule has 0 rings (SSSR count). The molecule has 1 nitrogen and oxygen atoms in total. The summed E-state index contributed by atoms with van der Waals surface area (Å²) in [4.78, 5) is 0. The summed E-state index contributed by atoms with van der Waals surface area (Å²) < 4.78 is 36.5. The molecule has 0 bridgehead atoms. The molecule has 1 unspecified atom stereocenters. The Balaban J connectivity index is 4.23. The first kappa shape index (κ1) is 17.8. The third-order valence-electron chi connectivity index (χ3n) is 3.33. The van der Waals surface area contributed by atoms with Crippen molar-refractivity contribution in [3.05, 3.63) is 0 Å². The maximum atomic E-state index is 12.2. The minimum absolute atomic E-state index is 0.241. The van der Waals surface area contributed by atoms with Gasteiger partial charge in [0.15, 0.2) is 0 Å². The van der Waals surface area contributed by atoms with Gasteiger partial charge in [-0.2, -0.15) is 13.2 Å². The molecule has 0 aromatic heterocycles. The van der Waals surface area contributed by atoms with Crippen LogP contribution in [-0.2, 0) is 0 Å². The molecule has 1 N–H and O–H groups in total. The van der Waals surface area contributed by atoms with E-state index in [1.807, 2.05) is 6.92 Å². The summed E-state index contributed by atoms with van der Waals surface area (Å²) in [5.74, 6) is 0.521. The summed E-state index contributed by atoms with van der Waals surface area (Å²) in [6.07, 6.45) is 0.636. The molecule has 0 aliphatic rings. The van der Waals surface area contributed by atoms with Gasteiger partial charge in [0.2, 0.25) is 0 Å². The molecule has 0 amide bonds. The molecular formula is C14H28F3N. The zero-order valence-electron chi connectivity index (χ0n) is 11.9. The minimum Gasteiger partial charge on any atom is -0.314 e. The van der Waals surface area contributed by atoms with Crippen molar-refractivity contribution < 1.29 is 13.2 Å². The van der Waals surface area contributed by atoms with Gasteiger partial charge in [-0.15, -0.1) is 0 Å². The van der Waals surface area contributed by atoms with Crippen LogP contribution < -0.4 is 5.32 Å². The van der Waals surface area contributed by atoms with E-state index in [1.54, 1.807) is 0 Å². The predicted molar refractivity (Wildman–Crippen MR) is 70.7 cm³/mol. The lowest BCUT2D eigenvalue weighted by molar-refractivity contribution is -0.136. The average Bonchev–Trinajstić information content (AvgIpc) is 2.26. The first-order valence-corrected chi connectivity index (χ1v) is 7.24. The van der Waals surface area contributed by atoms with Crippen molar-refractivity contribution in [2.45, 2.75) is 77.9 Å². The van der Waals surface area contributed by atoms with Crippen LogP contribution in [0.4, 0.5) is 13.2 Å². The van der Waals surface area contributed by atoms with Gasteiger partial charge in [0.25, 0.3) is 0 Å². The molecule has 0 aromatic rings. The van der Waals surface area contributed by atoms with Crippen LogP contribution in [-0.4, -0.2) is 18.8 Å². The second-order valence-corrected chi connectivity index (χ2v) is 5.01. The zero-order valence-corrected chi connectivity index (χ0v) is 11.9. The topological polar surface area (TPSA) is 12.0 Å².